The number of nitrogens with one attached hydrogen (secondary N) is 1. The molecule has 1 aliphatic rings. The van der Waals surface area contributed by atoms with Crippen LogP contribution < -0.4 is 15.7 Å². The molecule has 3 aromatic carbocycles. The average molecular weight is 498 g/mol. The van der Waals surface area contributed by atoms with Crippen molar-refractivity contribution in [2.24, 2.45) is 5.92 Å². The van der Waals surface area contributed by atoms with Crippen molar-refractivity contribution in [2.75, 3.05) is 19.0 Å². The van der Waals surface area contributed by atoms with Gasteiger partial charge in [-0.15, -0.1) is 0 Å². The molecule has 0 amide bonds. The Morgan fingerprint density at radius 2 is 1.57 bits per heavy atom. The van der Waals surface area contributed by atoms with Gasteiger partial charge in [0.05, 0.1) is 19.8 Å². The predicted molar refractivity (Wildman–Crippen MR) is 143 cm³/mol. The van der Waals surface area contributed by atoms with Gasteiger partial charge in [-0.05, 0) is 41.3 Å². The molecule has 0 aliphatic carbocycles. The number of ether oxygens (including phenoxy) is 2. The number of aromatic nitrogens is 2. The summed E-state index contributed by atoms with van der Waals surface area (Å²) in [6.45, 7) is 1.94. The number of hydrogen-bond acceptors (Lipinski definition) is 6. The Labute approximate surface area is 216 Å². The number of methoxy groups -OCH3 is 1. The molecule has 7 nitrogen and oxygen atoms in total. The third-order valence-corrected chi connectivity index (χ3v) is 7.01. The lowest BCUT2D eigenvalue weighted by molar-refractivity contribution is -0.0335. The highest BCUT2D eigenvalue weighted by Crippen LogP contribution is 2.40. The summed E-state index contributed by atoms with van der Waals surface area (Å²) < 4.78 is 12.8. The van der Waals surface area contributed by atoms with Crippen LogP contribution >= 0.6 is 0 Å². The average Bonchev–Trinajstić information content (AvgIpc) is 3.33. The minimum atomic E-state index is -0.834. The van der Waals surface area contributed by atoms with Crippen molar-refractivity contribution in [3.63, 3.8) is 0 Å². The van der Waals surface area contributed by atoms with Crippen molar-refractivity contribution in [3.05, 3.63) is 124 Å². The van der Waals surface area contributed by atoms with E-state index in [2.05, 4.69) is 34.6 Å². The number of aliphatic hydroxyl groups excluding tert-OH is 1. The highest BCUT2D eigenvalue weighted by atomic mass is 16.5. The van der Waals surface area contributed by atoms with Crippen molar-refractivity contribution in [1.29, 1.82) is 0 Å². The molecule has 4 aromatic rings. The maximum atomic E-state index is 13.2. The van der Waals surface area contributed by atoms with Crippen molar-refractivity contribution in [2.45, 2.75) is 31.2 Å². The Bertz CT molecular complexity index is 1330. The second kappa shape index (κ2) is 10.6. The first-order chi connectivity index (χ1) is 18.0. The Hall–Kier alpha value is -3.94. The molecule has 7 heteroatoms. The zero-order valence-electron chi connectivity index (χ0n) is 21.0. The lowest BCUT2D eigenvalue weighted by atomic mass is 9.77. The monoisotopic (exact) mass is 497 g/mol. The molecule has 0 bridgehead atoms. The molecule has 0 radical (unpaired) electrons. The van der Waals surface area contributed by atoms with E-state index in [1.54, 1.807) is 19.4 Å². The maximum Gasteiger partial charge on any atom is 0.351 e. The summed E-state index contributed by atoms with van der Waals surface area (Å²) in [6.07, 6.45) is 1.67. The molecule has 0 spiro atoms. The van der Waals surface area contributed by atoms with E-state index >= 15 is 0 Å². The fourth-order valence-corrected chi connectivity index (χ4v) is 5.18. The molecule has 1 saturated heterocycles. The van der Waals surface area contributed by atoms with Crippen LogP contribution in [0, 0.1) is 5.92 Å². The van der Waals surface area contributed by atoms with Gasteiger partial charge in [0.15, 0.2) is 0 Å². The van der Waals surface area contributed by atoms with Crippen molar-refractivity contribution in [1.82, 2.24) is 9.55 Å². The van der Waals surface area contributed by atoms with Gasteiger partial charge in [-0.25, -0.2) is 4.79 Å². The van der Waals surface area contributed by atoms with E-state index in [1.165, 1.54) is 4.57 Å². The van der Waals surface area contributed by atoms with Gasteiger partial charge >= 0.3 is 5.69 Å². The second-order valence-electron chi connectivity index (χ2n) is 9.38. The topological polar surface area (TPSA) is 85.6 Å². The van der Waals surface area contributed by atoms with Gasteiger partial charge in [0.2, 0.25) is 0 Å². The highest BCUT2D eigenvalue weighted by molar-refractivity contribution is 5.58. The van der Waals surface area contributed by atoms with Crippen LogP contribution in [0.15, 0.2) is 102 Å². The summed E-state index contributed by atoms with van der Waals surface area (Å²) in [6, 6.07) is 29.9. The summed E-state index contributed by atoms with van der Waals surface area (Å²) in [5.74, 6) is 1.28. The van der Waals surface area contributed by atoms with Gasteiger partial charge < -0.3 is 19.9 Å². The van der Waals surface area contributed by atoms with Gasteiger partial charge in [-0.1, -0.05) is 79.7 Å². The van der Waals surface area contributed by atoms with Crippen molar-refractivity contribution in [3.8, 4) is 5.75 Å². The number of benzene rings is 3. The smallest absolute Gasteiger partial charge is 0.351 e. The van der Waals surface area contributed by atoms with Gasteiger partial charge in [0, 0.05) is 12.1 Å². The van der Waals surface area contributed by atoms with Crippen molar-refractivity contribution < 1.29 is 14.6 Å². The molecule has 1 fully saturated rings. The van der Waals surface area contributed by atoms with Gasteiger partial charge in [-0.3, -0.25) is 4.57 Å². The van der Waals surface area contributed by atoms with Crippen LogP contribution in [-0.4, -0.2) is 34.5 Å². The molecule has 3 atom stereocenters. The lowest BCUT2D eigenvalue weighted by Crippen LogP contribution is -2.39. The number of rotatable bonds is 8. The Morgan fingerprint density at radius 1 is 0.973 bits per heavy atom. The molecular formula is C30H31N3O4. The standard InChI is InChI=1S/C30H31N3O4/c1-21-19-26(20-34)37-28(21)33-18-17-27(31-29(33)35)32-30(22-9-5-3-6-10-22,23-11-7-4-8-12-23)24-13-15-25(36-2)16-14-24/h3-18,21,26,28,34H,19-20H2,1-2H3,(H,31,32,35). The van der Waals surface area contributed by atoms with Gasteiger partial charge in [0.25, 0.3) is 0 Å². The van der Waals surface area contributed by atoms with E-state index in [1.807, 2.05) is 67.6 Å². The Kier molecular flexibility index (Phi) is 7.08. The van der Waals surface area contributed by atoms with Gasteiger partial charge in [-0.2, -0.15) is 4.98 Å². The highest BCUT2D eigenvalue weighted by Gasteiger charge is 2.38. The van der Waals surface area contributed by atoms with E-state index in [0.717, 1.165) is 22.4 Å². The quantitative estimate of drug-likeness (QED) is 0.347. The minimum absolute atomic E-state index is 0.0683. The fourth-order valence-electron chi connectivity index (χ4n) is 5.18. The molecule has 1 aromatic heterocycles. The largest absolute Gasteiger partial charge is 0.497 e. The fraction of sp³-hybridized carbons (Fsp3) is 0.267. The Balaban J connectivity index is 1.62. The normalized spacial score (nSPS) is 19.5. The van der Waals surface area contributed by atoms with E-state index in [-0.39, 0.29) is 18.6 Å². The first-order valence-corrected chi connectivity index (χ1v) is 12.4. The number of aliphatic hydroxyl groups is 1. The number of nitrogens with zero attached hydrogens (tertiary/aromatic N) is 2. The summed E-state index contributed by atoms with van der Waals surface area (Å²) in [4.78, 5) is 17.6. The first kappa shape index (κ1) is 24.7. The van der Waals surface area contributed by atoms with Crippen LogP contribution in [0.1, 0.15) is 36.3 Å². The molecule has 3 unspecified atom stereocenters. The predicted octanol–water partition coefficient (Wildman–Crippen LogP) is 4.57. The summed E-state index contributed by atoms with van der Waals surface area (Å²) in [7, 11) is 1.64. The van der Waals surface area contributed by atoms with Crippen LogP contribution in [0.25, 0.3) is 0 Å². The van der Waals surface area contributed by atoms with Crippen LogP contribution in [0.3, 0.4) is 0 Å². The first-order valence-electron chi connectivity index (χ1n) is 12.4. The maximum absolute atomic E-state index is 13.2. The molecule has 190 valence electrons. The zero-order valence-corrected chi connectivity index (χ0v) is 21.0. The number of hydrogen-bond donors (Lipinski definition) is 2. The van der Waals surface area contributed by atoms with E-state index in [0.29, 0.717) is 12.2 Å². The summed E-state index contributed by atoms with van der Waals surface area (Å²) in [5, 5.41) is 13.1. The van der Waals surface area contributed by atoms with Crippen LogP contribution in [0.4, 0.5) is 5.82 Å². The van der Waals surface area contributed by atoms with Crippen LogP contribution in [-0.2, 0) is 10.3 Å². The third kappa shape index (κ3) is 4.75. The molecule has 2 N–H and O–H groups in total. The van der Waals surface area contributed by atoms with E-state index in [4.69, 9.17) is 9.47 Å². The van der Waals surface area contributed by atoms with Crippen LogP contribution in [0.5, 0.6) is 5.75 Å². The van der Waals surface area contributed by atoms with E-state index < -0.39 is 17.5 Å². The molecule has 2 heterocycles. The zero-order chi connectivity index (χ0) is 25.8. The van der Waals surface area contributed by atoms with Gasteiger partial charge in [0.1, 0.15) is 23.3 Å². The van der Waals surface area contributed by atoms with Crippen molar-refractivity contribution >= 4 is 5.82 Å². The lowest BCUT2D eigenvalue weighted by Gasteiger charge is -2.37. The second-order valence-corrected chi connectivity index (χ2v) is 9.38. The molecule has 37 heavy (non-hydrogen) atoms. The number of anilines is 1. The minimum Gasteiger partial charge on any atom is -0.497 e. The summed E-state index contributed by atoms with van der Waals surface area (Å²) in [5.41, 5.74) is 1.71. The van der Waals surface area contributed by atoms with E-state index in [9.17, 15) is 9.90 Å². The molecule has 1 aliphatic heterocycles. The molecular weight excluding hydrogens is 466 g/mol. The SMILES string of the molecule is COc1ccc(C(Nc2ccn(C3OC(CO)CC3C)c(=O)n2)(c2ccccc2)c2ccccc2)cc1. The Morgan fingerprint density at radius 3 is 2.08 bits per heavy atom. The third-order valence-electron chi connectivity index (χ3n) is 7.01. The van der Waals surface area contributed by atoms with Crippen LogP contribution in [0.2, 0.25) is 0 Å². The molecule has 5 rings (SSSR count). The summed E-state index contributed by atoms with van der Waals surface area (Å²) >= 11 is 0. The molecule has 0 saturated carbocycles.